The summed E-state index contributed by atoms with van der Waals surface area (Å²) in [5, 5.41) is 3.93. The Balaban J connectivity index is 1.85. The highest BCUT2D eigenvalue weighted by molar-refractivity contribution is 7.92. The van der Waals surface area contributed by atoms with Crippen molar-refractivity contribution in [3.63, 3.8) is 0 Å². The third kappa shape index (κ3) is 5.89. The van der Waals surface area contributed by atoms with Crippen LogP contribution in [0.3, 0.4) is 0 Å². The number of rotatable bonds is 9. The fraction of sp³-hybridized carbons (Fsp3) is 0.167. The molecule has 0 atom stereocenters. The summed E-state index contributed by atoms with van der Waals surface area (Å²) < 4.78 is 38.3. The Morgan fingerprint density at radius 3 is 2.27 bits per heavy atom. The number of aryl methyl sites for hydroxylation is 1. The highest BCUT2D eigenvalue weighted by Crippen LogP contribution is 2.32. The van der Waals surface area contributed by atoms with Gasteiger partial charge >= 0.3 is 0 Å². The Morgan fingerprint density at radius 2 is 1.64 bits per heavy atom. The zero-order valence-electron chi connectivity index (χ0n) is 18.6. The molecule has 0 radical (unpaired) electrons. The van der Waals surface area contributed by atoms with Gasteiger partial charge in [0.25, 0.3) is 15.9 Å². The number of carbonyl (C=O) groups excluding carboxylic acids is 1. The summed E-state index contributed by atoms with van der Waals surface area (Å²) >= 11 is 0. The van der Waals surface area contributed by atoms with Crippen LogP contribution in [0.1, 0.15) is 11.1 Å². The predicted octanol–water partition coefficient (Wildman–Crippen LogP) is 3.36. The molecule has 0 bridgehead atoms. The van der Waals surface area contributed by atoms with Crippen LogP contribution in [0, 0.1) is 6.92 Å². The van der Waals surface area contributed by atoms with E-state index >= 15 is 0 Å². The van der Waals surface area contributed by atoms with Crippen LogP contribution in [-0.2, 0) is 14.8 Å². The number of hydrazone groups is 1. The number of benzene rings is 3. The lowest BCUT2D eigenvalue weighted by Crippen LogP contribution is -2.39. The Bertz CT molecular complexity index is 1220. The maximum atomic E-state index is 13.4. The standard InChI is InChI=1S/C24H25N3O5S/c1-18-8-14-21(15-9-18)33(29,30)27(22-6-4-5-7-23(22)32-3)17-24(28)26-25-16-19-10-12-20(31-2)13-11-19/h4-16H,17H2,1-3H3,(H,26,28)/b25-16-. The Kier molecular flexibility index (Phi) is 7.68. The smallest absolute Gasteiger partial charge is 0.264 e. The average Bonchev–Trinajstić information content (AvgIpc) is 2.83. The van der Waals surface area contributed by atoms with Crippen molar-refractivity contribution in [3.05, 3.63) is 83.9 Å². The van der Waals surface area contributed by atoms with E-state index in [2.05, 4.69) is 10.5 Å². The molecule has 0 aliphatic heterocycles. The van der Waals surface area contributed by atoms with Crippen LogP contribution in [0.2, 0.25) is 0 Å². The molecule has 0 unspecified atom stereocenters. The molecule has 0 aliphatic carbocycles. The second-order valence-electron chi connectivity index (χ2n) is 7.06. The molecule has 1 amide bonds. The summed E-state index contributed by atoms with van der Waals surface area (Å²) in [5.74, 6) is 0.411. The second-order valence-corrected chi connectivity index (χ2v) is 8.93. The van der Waals surface area contributed by atoms with Gasteiger partial charge in [-0.1, -0.05) is 29.8 Å². The van der Waals surface area contributed by atoms with Gasteiger partial charge in [-0.15, -0.1) is 0 Å². The number of amides is 1. The van der Waals surface area contributed by atoms with Crippen LogP contribution in [0.15, 0.2) is 82.8 Å². The van der Waals surface area contributed by atoms with Gasteiger partial charge in [0.1, 0.15) is 18.0 Å². The van der Waals surface area contributed by atoms with Crippen LogP contribution in [-0.4, -0.2) is 41.3 Å². The lowest BCUT2D eigenvalue weighted by atomic mass is 10.2. The number of hydrogen-bond acceptors (Lipinski definition) is 6. The van der Waals surface area contributed by atoms with Gasteiger partial charge in [-0.2, -0.15) is 5.10 Å². The monoisotopic (exact) mass is 467 g/mol. The van der Waals surface area contributed by atoms with Crippen LogP contribution < -0.4 is 19.2 Å². The van der Waals surface area contributed by atoms with Crippen molar-refractivity contribution >= 4 is 27.8 Å². The molecule has 0 heterocycles. The summed E-state index contributed by atoms with van der Waals surface area (Å²) in [6.07, 6.45) is 1.46. The zero-order chi connectivity index (χ0) is 23.8. The summed E-state index contributed by atoms with van der Waals surface area (Å²) in [6, 6.07) is 20.1. The third-order valence-corrected chi connectivity index (χ3v) is 6.54. The Morgan fingerprint density at radius 1 is 0.970 bits per heavy atom. The molecule has 0 saturated carbocycles. The largest absolute Gasteiger partial charge is 0.497 e. The minimum atomic E-state index is -4.06. The van der Waals surface area contributed by atoms with E-state index < -0.39 is 22.5 Å². The highest BCUT2D eigenvalue weighted by atomic mass is 32.2. The Hall–Kier alpha value is -3.85. The molecule has 3 rings (SSSR count). The summed E-state index contributed by atoms with van der Waals surface area (Å²) in [6.45, 7) is 1.37. The van der Waals surface area contributed by atoms with Gasteiger partial charge in [0.05, 0.1) is 31.0 Å². The summed E-state index contributed by atoms with van der Waals surface area (Å²) in [5.41, 5.74) is 4.29. The lowest BCUT2D eigenvalue weighted by Gasteiger charge is -2.25. The maximum absolute atomic E-state index is 13.4. The number of hydrogen-bond donors (Lipinski definition) is 1. The van der Waals surface area contributed by atoms with E-state index in [0.717, 1.165) is 15.4 Å². The molecule has 172 valence electrons. The number of carbonyl (C=O) groups is 1. The van der Waals surface area contributed by atoms with Gasteiger partial charge in [0.2, 0.25) is 0 Å². The van der Waals surface area contributed by atoms with Crippen molar-refractivity contribution in [2.24, 2.45) is 5.10 Å². The molecule has 0 spiro atoms. The minimum Gasteiger partial charge on any atom is -0.497 e. The third-order valence-electron chi connectivity index (χ3n) is 4.77. The van der Waals surface area contributed by atoms with Crippen LogP contribution in [0.25, 0.3) is 0 Å². The van der Waals surface area contributed by atoms with Gasteiger partial charge in [-0.3, -0.25) is 9.10 Å². The average molecular weight is 468 g/mol. The number of nitrogens with zero attached hydrogens (tertiary/aromatic N) is 2. The number of para-hydroxylation sites is 2. The quantitative estimate of drug-likeness (QED) is 0.384. The van der Waals surface area contributed by atoms with E-state index in [-0.39, 0.29) is 10.6 Å². The van der Waals surface area contributed by atoms with Crippen molar-refractivity contribution in [2.75, 3.05) is 25.1 Å². The first kappa shape index (κ1) is 23.8. The van der Waals surface area contributed by atoms with Crippen molar-refractivity contribution in [1.29, 1.82) is 0 Å². The van der Waals surface area contributed by atoms with Crippen molar-refractivity contribution in [1.82, 2.24) is 5.43 Å². The van der Waals surface area contributed by atoms with E-state index in [1.54, 1.807) is 67.8 Å². The normalized spacial score (nSPS) is 11.2. The van der Waals surface area contributed by atoms with Crippen LogP contribution in [0.4, 0.5) is 5.69 Å². The topological polar surface area (TPSA) is 97.3 Å². The van der Waals surface area contributed by atoms with Crippen molar-refractivity contribution in [2.45, 2.75) is 11.8 Å². The number of methoxy groups -OCH3 is 2. The van der Waals surface area contributed by atoms with E-state index in [4.69, 9.17) is 9.47 Å². The fourth-order valence-corrected chi connectivity index (χ4v) is 4.44. The van der Waals surface area contributed by atoms with Gasteiger partial charge in [-0.05, 0) is 61.0 Å². The molecule has 0 aromatic heterocycles. The van der Waals surface area contributed by atoms with E-state index in [9.17, 15) is 13.2 Å². The number of nitrogens with one attached hydrogen (secondary N) is 1. The van der Waals surface area contributed by atoms with Crippen LogP contribution >= 0.6 is 0 Å². The maximum Gasteiger partial charge on any atom is 0.264 e. The van der Waals surface area contributed by atoms with E-state index in [1.807, 2.05) is 6.92 Å². The van der Waals surface area contributed by atoms with Crippen molar-refractivity contribution < 1.29 is 22.7 Å². The lowest BCUT2D eigenvalue weighted by molar-refractivity contribution is -0.119. The number of ether oxygens (including phenoxy) is 2. The first-order valence-electron chi connectivity index (χ1n) is 10.0. The molecule has 33 heavy (non-hydrogen) atoms. The van der Waals surface area contributed by atoms with Gasteiger partial charge in [-0.25, -0.2) is 13.8 Å². The summed E-state index contributed by atoms with van der Waals surface area (Å²) in [7, 11) is -1.05. The second kappa shape index (κ2) is 10.6. The van der Waals surface area contributed by atoms with E-state index in [1.165, 1.54) is 25.5 Å². The molecule has 0 aliphatic rings. The van der Waals surface area contributed by atoms with E-state index in [0.29, 0.717) is 11.5 Å². The fourth-order valence-electron chi connectivity index (χ4n) is 3.01. The number of sulfonamides is 1. The Labute approximate surface area is 193 Å². The predicted molar refractivity (Wildman–Crippen MR) is 127 cm³/mol. The molecule has 1 N–H and O–H groups in total. The molecule has 8 nitrogen and oxygen atoms in total. The van der Waals surface area contributed by atoms with Crippen LogP contribution in [0.5, 0.6) is 11.5 Å². The molecular weight excluding hydrogens is 442 g/mol. The summed E-state index contributed by atoms with van der Waals surface area (Å²) in [4.78, 5) is 12.7. The molecule has 0 fully saturated rings. The molecule has 3 aromatic rings. The zero-order valence-corrected chi connectivity index (χ0v) is 19.4. The SMILES string of the molecule is COc1ccc(/C=N\NC(=O)CN(c2ccccc2OC)S(=O)(=O)c2ccc(C)cc2)cc1. The molecule has 9 heteroatoms. The number of anilines is 1. The first-order valence-corrected chi connectivity index (χ1v) is 11.5. The van der Waals surface area contributed by atoms with Gasteiger partial charge < -0.3 is 9.47 Å². The first-order chi connectivity index (χ1) is 15.8. The minimum absolute atomic E-state index is 0.0635. The molecule has 0 saturated heterocycles. The highest BCUT2D eigenvalue weighted by Gasteiger charge is 2.29. The molecule has 3 aromatic carbocycles. The van der Waals surface area contributed by atoms with Crippen molar-refractivity contribution in [3.8, 4) is 11.5 Å². The van der Waals surface area contributed by atoms with Gasteiger partial charge in [0.15, 0.2) is 0 Å². The molecular formula is C24H25N3O5S. The van der Waals surface area contributed by atoms with Gasteiger partial charge in [0, 0.05) is 0 Å².